The summed E-state index contributed by atoms with van der Waals surface area (Å²) >= 11 is 0. The first-order chi connectivity index (χ1) is 17.4. The van der Waals surface area contributed by atoms with Gasteiger partial charge in [-0.1, -0.05) is 19.3 Å². The number of nitrogens with zero attached hydrogens (tertiary/aromatic N) is 2. The summed E-state index contributed by atoms with van der Waals surface area (Å²) in [5.74, 6) is -2.22. The van der Waals surface area contributed by atoms with Gasteiger partial charge in [-0.15, -0.1) is 0 Å². The maximum absolute atomic E-state index is 14.0. The standard InChI is InChI=1S/C26H32FN3O6/c27-18-8-9-20-21(14-18)35-23(29-20)22(31)26(17-6-7-17,36-25(28)33)15-19(16-4-2-1-3-5-16)24(32)30-10-12-34-13-11-30/h8-9,14,16-17,19H,1-7,10-13,15H2,(H2,28,33). The Kier molecular flexibility index (Phi) is 6.96. The number of carbonyl (C=O) groups is 3. The summed E-state index contributed by atoms with van der Waals surface area (Å²) in [6, 6.07) is 3.80. The van der Waals surface area contributed by atoms with Crippen molar-refractivity contribution in [1.29, 1.82) is 0 Å². The summed E-state index contributed by atoms with van der Waals surface area (Å²) in [5.41, 5.74) is 4.27. The van der Waals surface area contributed by atoms with Crippen LogP contribution >= 0.6 is 0 Å². The van der Waals surface area contributed by atoms with Gasteiger partial charge in [0.2, 0.25) is 5.91 Å². The molecule has 9 nitrogen and oxygen atoms in total. The van der Waals surface area contributed by atoms with Crippen molar-refractivity contribution in [3.63, 3.8) is 0 Å². The molecule has 0 bridgehead atoms. The molecule has 3 aliphatic rings. The van der Waals surface area contributed by atoms with Gasteiger partial charge in [0.1, 0.15) is 11.3 Å². The first-order valence-electron chi connectivity index (χ1n) is 12.8. The van der Waals surface area contributed by atoms with Crippen molar-refractivity contribution in [3.8, 4) is 0 Å². The zero-order valence-corrected chi connectivity index (χ0v) is 20.2. The zero-order chi connectivity index (χ0) is 25.3. The number of rotatable bonds is 8. The highest BCUT2D eigenvalue weighted by Gasteiger charge is 2.58. The number of hydrogen-bond acceptors (Lipinski definition) is 7. The molecule has 2 heterocycles. The number of primary amides is 1. The molecule has 1 aliphatic heterocycles. The number of halogens is 1. The summed E-state index contributed by atoms with van der Waals surface area (Å²) < 4.78 is 30.5. The molecule has 5 rings (SSSR count). The Morgan fingerprint density at radius 3 is 2.53 bits per heavy atom. The Bertz CT molecular complexity index is 1140. The Labute approximate surface area is 208 Å². The van der Waals surface area contributed by atoms with Crippen LogP contribution < -0.4 is 5.73 Å². The van der Waals surface area contributed by atoms with Crippen LogP contribution in [0.5, 0.6) is 0 Å². The van der Waals surface area contributed by atoms with E-state index in [-0.39, 0.29) is 35.6 Å². The topological polar surface area (TPSA) is 125 Å². The van der Waals surface area contributed by atoms with E-state index >= 15 is 0 Å². The fourth-order valence-electron chi connectivity index (χ4n) is 5.86. The van der Waals surface area contributed by atoms with Gasteiger partial charge in [0.25, 0.3) is 11.7 Å². The fourth-order valence-corrected chi connectivity index (χ4v) is 5.86. The van der Waals surface area contributed by atoms with E-state index in [0.717, 1.165) is 38.2 Å². The molecule has 2 unspecified atom stereocenters. The van der Waals surface area contributed by atoms with Crippen molar-refractivity contribution in [1.82, 2.24) is 9.88 Å². The van der Waals surface area contributed by atoms with Crippen LogP contribution in [0, 0.1) is 23.6 Å². The van der Waals surface area contributed by atoms with Gasteiger partial charge in [0, 0.05) is 37.4 Å². The first kappa shape index (κ1) is 24.7. The Morgan fingerprint density at radius 1 is 1.14 bits per heavy atom. The van der Waals surface area contributed by atoms with E-state index in [2.05, 4.69) is 4.98 Å². The quantitative estimate of drug-likeness (QED) is 0.545. The maximum atomic E-state index is 14.0. The number of ketones is 1. The van der Waals surface area contributed by atoms with Crippen LogP contribution in [0.15, 0.2) is 22.6 Å². The van der Waals surface area contributed by atoms with Gasteiger partial charge in [0.15, 0.2) is 11.2 Å². The van der Waals surface area contributed by atoms with Gasteiger partial charge in [0.05, 0.1) is 13.2 Å². The van der Waals surface area contributed by atoms with Crippen LogP contribution in [0.3, 0.4) is 0 Å². The molecule has 1 aromatic heterocycles. The number of ether oxygens (including phenoxy) is 2. The lowest BCUT2D eigenvalue weighted by atomic mass is 9.72. The molecule has 0 spiro atoms. The molecule has 2 atom stereocenters. The minimum Gasteiger partial charge on any atom is -0.434 e. The third-order valence-electron chi connectivity index (χ3n) is 7.83. The molecular formula is C26H32FN3O6. The van der Waals surface area contributed by atoms with Crippen LogP contribution in [0.2, 0.25) is 0 Å². The maximum Gasteiger partial charge on any atom is 0.405 e. The largest absolute Gasteiger partial charge is 0.434 e. The van der Waals surface area contributed by atoms with Gasteiger partial charge in [-0.05, 0) is 43.7 Å². The molecule has 2 aromatic rings. The number of aromatic nitrogens is 1. The number of hydrogen-bond donors (Lipinski definition) is 1. The molecule has 194 valence electrons. The van der Waals surface area contributed by atoms with E-state index < -0.39 is 29.2 Å². The molecule has 2 N–H and O–H groups in total. The number of nitrogens with two attached hydrogens (primary N) is 1. The van der Waals surface area contributed by atoms with E-state index in [9.17, 15) is 18.8 Å². The van der Waals surface area contributed by atoms with Crippen molar-refractivity contribution >= 4 is 28.9 Å². The Morgan fingerprint density at radius 2 is 1.86 bits per heavy atom. The molecule has 3 fully saturated rings. The molecule has 36 heavy (non-hydrogen) atoms. The van der Waals surface area contributed by atoms with Crippen LogP contribution in [-0.4, -0.2) is 59.6 Å². The van der Waals surface area contributed by atoms with E-state index in [1.54, 1.807) is 4.90 Å². The minimum absolute atomic E-state index is 0.0212. The molecule has 10 heteroatoms. The number of benzene rings is 1. The monoisotopic (exact) mass is 501 g/mol. The van der Waals surface area contributed by atoms with Crippen molar-refractivity contribution in [2.24, 2.45) is 23.5 Å². The van der Waals surface area contributed by atoms with Crippen LogP contribution in [-0.2, 0) is 14.3 Å². The number of amides is 2. The number of oxazole rings is 1. The lowest BCUT2D eigenvalue weighted by Gasteiger charge is -2.40. The number of carbonyl (C=O) groups excluding carboxylic acids is 3. The van der Waals surface area contributed by atoms with Crippen molar-refractivity contribution < 1.29 is 32.7 Å². The third-order valence-corrected chi connectivity index (χ3v) is 7.83. The molecule has 2 saturated carbocycles. The van der Waals surface area contributed by atoms with Gasteiger partial charge in [-0.2, -0.15) is 0 Å². The van der Waals surface area contributed by atoms with Crippen molar-refractivity contribution in [2.45, 2.75) is 57.0 Å². The fraction of sp³-hybridized carbons (Fsp3) is 0.615. The van der Waals surface area contributed by atoms with E-state index in [1.165, 1.54) is 12.1 Å². The predicted octanol–water partition coefficient (Wildman–Crippen LogP) is 3.84. The average molecular weight is 502 g/mol. The summed E-state index contributed by atoms with van der Waals surface area (Å²) in [6.07, 6.45) is 5.10. The van der Waals surface area contributed by atoms with Crippen LogP contribution in [0.1, 0.15) is 62.1 Å². The van der Waals surface area contributed by atoms with Gasteiger partial charge >= 0.3 is 6.09 Å². The van der Waals surface area contributed by atoms with Gasteiger partial charge < -0.3 is 24.5 Å². The highest BCUT2D eigenvalue weighted by atomic mass is 19.1. The zero-order valence-electron chi connectivity index (χ0n) is 20.2. The van der Waals surface area contributed by atoms with Gasteiger partial charge in [-0.25, -0.2) is 14.2 Å². The van der Waals surface area contributed by atoms with E-state index in [1.807, 2.05) is 0 Å². The number of Topliss-reactive ketones (excluding diaryl/α,β-unsaturated/α-hetero) is 1. The van der Waals surface area contributed by atoms with Crippen LogP contribution in [0.4, 0.5) is 9.18 Å². The average Bonchev–Trinajstić information content (AvgIpc) is 3.66. The number of fused-ring (bicyclic) bond motifs is 1. The summed E-state index contributed by atoms with van der Waals surface area (Å²) in [4.78, 5) is 46.1. The molecule has 1 saturated heterocycles. The highest BCUT2D eigenvalue weighted by molar-refractivity contribution is 6.02. The molecule has 0 radical (unpaired) electrons. The lowest BCUT2D eigenvalue weighted by molar-refractivity contribution is -0.144. The second-order valence-corrected chi connectivity index (χ2v) is 10.2. The summed E-state index contributed by atoms with van der Waals surface area (Å²) in [6.45, 7) is 1.90. The Hall–Kier alpha value is -3.01. The van der Waals surface area contributed by atoms with Crippen molar-refractivity contribution in [3.05, 3.63) is 29.9 Å². The summed E-state index contributed by atoms with van der Waals surface area (Å²) in [5, 5.41) is 0. The smallest absolute Gasteiger partial charge is 0.405 e. The SMILES string of the molecule is NC(=O)OC(CC(C(=O)N1CCOCC1)C1CCCCC1)(C(=O)c1nc2ccc(F)cc2o1)C1CC1. The molecule has 2 amide bonds. The molecule has 2 aliphatic carbocycles. The minimum atomic E-state index is -1.67. The van der Waals surface area contributed by atoms with Crippen molar-refractivity contribution in [2.75, 3.05) is 26.3 Å². The second-order valence-electron chi connectivity index (χ2n) is 10.2. The lowest BCUT2D eigenvalue weighted by Crippen LogP contribution is -2.53. The highest BCUT2D eigenvalue weighted by Crippen LogP contribution is 2.49. The second kappa shape index (κ2) is 10.2. The van der Waals surface area contributed by atoms with E-state index in [4.69, 9.17) is 19.6 Å². The first-order valence-corrected chi connectivity index (χ1v) is 12.8. The molecule has 1 aromatic carbocycles. The normalized spacial score (nSPS) is 21.6. The molecular weight excluding hydrogens is 469 g/mol. The number of morpholine rings is 1. The summed E-state index contributed by atoms with van der Waals surface area (Å²) in [7, 11) is 0. The van der Waals surface area contributed by atoms with Crippen LogP contribution in [0.25, 0.3) is 11.1 Å². The third kappa shape index (κ3) is 4.96. The van der Waals surface area contributed by atoms with Gasteiger partial charge in [-0.3, -0.25) is 9.59 Å². The Balaban J connectivity index is 1.53. The predicted molar refractivity (Wildman–Crippen MR) is 127 cm³/mol. The van der Waals surface area contributed by atoms with E-state index in [0.29, 0.717) is 44.7 Å².